The molecular weight excluding hydrogens is 379 g/mol. The Kier molecular flexibility index (Phi) is 5.05. The van der Waals surface area contributed by atoms with Crippen molar-refractivity contribution in [2.75, 3.05) is 12.3 Å². The number of rotatable bonds is 4. The summed E-state index contributed by atoms with van der Waals surface area (Å²) in [4.78, 5) is 19.0. The summed E-state index contributed by atoms with van der Waals surface area (Å²) in [6.07, 6.45) is 3.44. The van der Waals surface area contributed by atoms with Crippen molar-refractivity contribution in [3.8, 4) is 0 Å². The number of amides is 1. The van der Waals surface area contributed by atoms with Crippen molar-refractivity contribution < 1.29 is 9.18 Å². The van der Waals surface area contributed by atoms with Crippen LogP contribution >= 0.6 is 11.6 Å². The van der Waals surface area contributed by atoms with Gasteiger partial charge >= 0.3 is 0 Å². The molecule has 1 aromatic heterocycles. The van der Waals surface area contributed by atoms with Gasteiger partial charge in [-0.05, 0) is 24.1 Å². The number of halogens is 2. The van der Waals surface area contributed by atoms with Gasteiger partial charge in [-0.1, -0.05) is 41.9 Å². The summed E-state index contributed by atoms with van der Waals surface area (Å²) in [6.45, 7) is 1.74. The van der Waals surface area contributed by atoms with Gasteiger partial charge in [0.15, 0.2) is 0 Å². The molecular formula is C21H20ClFN4O. The number of hydrogen-bond acceptors (Lipinski definition) is 3. The number of benzene rings is 2. The van der Waals surface area contributed by atoms with E-state index in [9.17, 15) is 9.18 Å². The zero-order valence-electron chi connectivity index (χ0n) is 15.2. The fourth-order valence-electron chi connectivity index (χ4n) is 3.56. The molecule has 0 spiro atoms. The molecule has 1 aliphatic heterocycles. The van der Waals surface area contributed by atoms with Gasteiger partial charge in [-0.25, -0.2) is 9.37 Å². The molecule has 28 heavy (non-hydrogen) atoms. The SMILES string of the molecule is Nc1c(F)cc(Cl)cc1C(=O)N1CCc2c(ncn2CCc2ccccc2)C1. The molecule has 0 atom stereocenters. The smallest absolute Gasteiger partial charge is 0.256 e. The first-order valence-corrected chi connectivity index (χ1v) is 9.51. The number of hydrogen-bond donors (Lipinski definition) is 1. The predicted molar refractivity (Wildman–Crippen MR) is 107 cm³/mol. The van der Waals surface area contributed by atoms with Crippen molar-refractivity contribution in [1.82, 2.24) is 14.5 Å². The van der Waals surface area contributed by atoms with Crippen LogP contribution in [0.4, 0.5) is 10.1 Å². The van der Waals surface area contributed by atoms with Crippen LogP contribution in [-0.4, -0.2) is 26.9 Å². The van der Waals surface area contributed by atoms with Crippen LogP contribution < -0.4 is 5.73 Å². The van der Waals surface area contributed by atoms with Crippen molar-refractivity contribution in [2.45, 2.75) is 25.9 Å². The van der Waals surface area contributed by atoms with Gasteiger partial charge in [-0.3, -0.25) is 4.79 Å². The molecule has 2 N–H and O–H groups in total. The second-order valence-corrected chi connectivity index (χ2v) is 7.33. The van der Waals surface area contributed by atoms with Gasteiger partial charge < -0.3 is 15.2 Å². The Labute approximate surface area is 167 Å². The van der Waals surface area contributed by atoms with Crippen molar-refractivity contribution in [2.24, 2.45) is 0 Å². The van der Waals surface area contributed by atoms with Gasteiger partial charge in [0.05, 0.1) is 29.8 Å². The standard InChI is InChI=1S/C21H20ClFN4O/c22-15-10-16(20(24)17(23)11-15)21(28)26-9-7-19-18(12-26)25-13-27(19)8-6-14-4-2-1-3-5-14/h1-5,10-11,13H,6-9,12,24H2. The van der Waals surface area contributed by atoms with Gasteiger partial charge in [-0.15, -0.1) is 0 Å². The number of aryl methyl sites for hydroxylation is 2. The first kappa shape index (κ1) is 18.5. The largest absolute Gasteiger partial charge is 0.396 e. The number of imidazole rings is 1. The van der Waals surface area contributed by atoms with Crippen LogP contribution in [0.3, 0.4) is 0 Å². The summed E-state index contributed by atoms with van der Waals surface area (Å²) in [7, 11) is 0. The van der Waals surface area contributed by atoms with Gasteiger partial charge in [0, 0.05) is 30.2 Å². The topological polar surface area (TPSA) is 64.2 Å². The molecule has 7 heteroatoms. The molecule has 144 valence electrons. The molecule has 0 saturated heterocycles. The minimum Gasteiger partial charge on any atom is -0.396 e. The van der Waals surface area contributed by atoms with Crippen LogP contribution in [0.1, 0.15) is 27.3 Å². The van der Waals surface area contributed by atoms with E-state index in [0.29, 0.717) is 19.5 Å². The summed E-state index contributed by atoms with van der Waals surface area (Å²) in [5.41, 5.74) is 8.96. The molecule has 0 bridgehead atoms. The summed E-state index contributed by atoms with van der Waals surface area (Å²) < 4.78 is 16.0. The van der Waals surface area contributed by atoms with Crippen LogP contribution in [-0.2, 0) is 25.9 Å². The number of nitrogens with zero attached hydrogens (tertiary/aromatic N) is 3. The Hall–Kier alpha value is -2.86. The lowest BCUT2D eigenvalue weighted by atomic mass is 10.1. The lowest BCUT2D eigenvalue weighted by Gasteiger charge is -2.27. The predicted octanol–water partition coefficient (Wildman–Crippen LogP) is 3.70. The summed E-state index contributed by atoms with van der Waals surface area (Å²) in [5.74, 6) is -1.01. The van der Waals surface area contributed by atoms with E-state index in [1.165, 1.54) is 11.6 Å². The van der Waals surface area contributed by atoms with Crippen molar-refractivity contribution in [3.05, 3.63) is 82.1 Å². The summed E-state index contributed by atoms with van der Waals surface area (Å²) in [5, 5.41) is 0.151. The molecule has 0 radical (unpaired) electrons. The minimum absolute atomic E-state index is 0.0944. The number of nitrogens with two attached hydrogens (primary N) is 1. The molecule has 0 aliphatic carbocycles. The van der Waals surface area contributed by atoms with E-state index in [1.807, 2.05) is 24.5 Å². The number of fused-ring (bicyclic) bond motifs is 1. The molecule has 3 aromatic rings. The lowest BCUT2D eigenvalue weighted by Crippen LogP contribution is -2.37. The van der Waals surface area contributed by atoms with Crippen LogP contribution in [0, 0.1) is 5.82 Å². The molecule has 0 saturated carbocycles. The molecule has 0 unspecified atom stereocenters. The summed E-state index contributed by atoms with van der Waals surface area (Å²) >= 11 is 5.89. The van der Waals surface area contributed by atoms with E-state index in [-0.39, 0.29) is 22.2 Å². The third kappa shape index (κ3) is 3.60. The van der Waals surface area contributed by atoms with E-state index >= 15 is 0 Å². The first-order chi connectivity index (χ1) is 13.5. The van der Waals surface area contributed by atoms with Gasteiger partial charge in [0.25, 0.3) is 5.91 Å². The van der Waals surface area contributed by atoms with Crippen LogP contribution in [0.2, 0.25) is 5.02 Å². The van der Waals surface area contributed by atoms with E-state index in [0.717, 1.165) is 30.4 Å². The maximum absolute atomic E-state index is 13.8. The molecule has 1 aliphatic rings. The monoisotopic (exact) mass is 398 g/mol. The van der Waals surface area contributed by atoms with Crippen LogP contribution in [0.5, 0.6) is 0 Å². The zero-order chi connectivity index (χ0) is 19.7. The molecule has 2 aromatic carbocycles. The van der Waals surface area contributed by atoms with Gasteiger partial charge in [0.1, 0.15) is 5.82 Å². The highest BCUT2D eigenvalue weighted by molar-refractivity contribution is 6.31. The third-order valence-electron chi connectivity index (χ3n) is 5.09. The van der Waals surface area contributed by atoms with Gasteiger partial charge in [0.2, 0.25) is 0 Å². The Morgan fingerprint density at radius 3 is 2.82 bits per heavy atom. The number of nitrogen functional groups attached to an aromatic ring is 1. The number of carbonyl (C=O) groups excluding carboxylic acids is 1. The third-order valence-corrected chi connectivity index (χ3v) is 5.31. The Morgan fingerprint density at radius 2 is 2.04 bits per heavy atom. The van der Waals surface area contributed by atoms with Crippen molar-refractivity contribution in [3.63, 3.8) is 0 Å². The molecule has 1 amide bonds. The maximum Gasteiger partial charge on any atom is 0.256 e. The number of aromatic nitrogens is 2. The maximum atomic E-state index is 13.8. The van der Waals surface area contributed by atoms with E-state index in [1.54, 1.807) is 4.90 Å². The fraction of sp³-hybridized carbons (Fsp3) is 0.238. The zero-order valence-corrected chi connectivity index (χ0v) is 16.0. The minimum atomic E-state index is -0.682. The van der Waals surface area contributed by atoms with Gasteiger partial charge in [-0.2, -0.15) is 0 Å². The Morgan fingerprint density at radius 1 is 1.25 bits per heavy atom. The normalized spacial score (nSPS) is 13.4. The molecule has 0 fully saturated rings. The highest BCUT2D eigenvalue weighted by atomic mass is 35.5. The average molecular weight is 399 g/mol. The van der Waals surface area contributed by atoms with E-state index in [4.69, 9.17) is 17.3 Å². The van der Waals surface area contributed by atoms with Crippen LogP contribution in [0.15, 0.2) is 48.8 Å². The lowest BCUT2D eigenvalue weighted by molar-refractivity contribution is 0.0731. The second-order valence-electron chi connectivity index (χ2n) is 6.89. The van der Waals surface area contributed by atoms with Crippen LogP contribution in [0.25, 0.3) is 0 Å². The quantitative estimate of drug-likeness (QED) is 0.681. The molecule has 4 rings (SSSR count). The fourth-order valence-corrected chi connectivity index (χ4v) is 3.77. The molecule has 2 heterocycles. The average Bonchev–Trinajstić information content (AvgIpc) is 3.11. The number of anilines is 1. The highest BCUT2D eigenvalue weighted by Crippen LogP contribution is 2.26. The molecule has 5 nitrogen and oxygen atoms in total. The Balaban J connectivity index is 1.49. The highest BCUT2D eigenvalue weighted by Gasteiger charge is 2.27. The first-order valence-electron chi connectivity index (χ1n) is 9.13. The van der Waals surface area contributed by atoms with Crippen molar-refractivity contribution >= 4 is 23.2 Å². The second kappa shape index (κ2) is 7.64. The Bertz CT molecular complexity index is 1020. The van der Waals surface area contributed by atoms with Crippen molar-refractivity contribution in [1.29, 1.82) is 0 Å². The van der Waals surface area contributed by atoms with E-state index in [2.05, 4.69) is 21.7 Å². The number of carbonyl (C=O) groups is 1. The van der Waals surface area contributed by atoms with E-state index < -0.39 is 5.82 Å². The summed E-state index contributed by atoms with van der Waals surface area (Å²) in [6, 6.07) is 12.8.